The van der Waals surface area contributed by atoms with Gasteiger partial charge in [-0.15, -0.1) is 0 Å². The standard InChI is InChI=1S/C17H21FN4O/c1-11(12-4-6-14(18)7-5-12)22-8-2-3-13(10-22)15-9-16(17(19)23)21-20-15/h4-7,9,11,13H,2-3,8,10H2,1H3,(H2,19,23)(H,20,21). The van der Waals surface area contributed by atoms with E-state index in [2.05, 4.69) is 22.0 Å². The molecule has 23 heavy (non-hydrogen) atoms. The van der Waals surface area contributed by atoms with Crippen LogP contribution in [-0.2, 0) is 0 Å². The number of carbonyl (C=O) groups excluding carboxylic acids is 1. The second-order valence-corrected chi connectivity index (χ2v) is 6.13. The van der Waals surface area contributed by atoms with Gasteiger partial charge in [0.05, 0.1) is 0 Å². The molecule has 2 aromatic rings. The highest BCUT2D eigenvalue weighted by molar-refractivity contribution is 5.90. The third kappa shape index (κ3) is 3.42. The number of aromatic nitrogens is 2. The minimum absolute atomic E-state index is 0.214. The Labute approximate surface area is 134 Å². The van der Waals surface area contributed by atoms with Crippen molar-refractivity contribution in [2.24, 2.45) is 5.73 Å². The molecule has 6 heteroatoms. The van der Waals surface area contributed by atoms with Crippen LogP contribution in [0.15, 0.2) is 30.3 Å². The SMILES string of the molecule is CC(c1ccc(F)cc1)N1CCCC(c2cc(C(N)=O)n[nH]2)C1. The van der Waals surface area contributed by atoms with E-state index in [0.29, 0.717) is 5.92 Å². The number of nitrogens with two attached hydrogens (primary N) is 1. The van der Waals surface area contributed by atoms with Crippen molar-refractivity contribution in [3.8, 4) is 0 Å². The Morgan fingerprint density at radius 2 is 2.17 bits per heavy atom. The topological polar surface area (TPSA) is 75.0 Å². The number of nitrogens with zero attached hydrogens (tertiary/aromatic N) is 2. The van der Waals surface area contributed by atoms with Crippen molar-refractivity contribution in [2.45, 2.75) is 31.7 Å². The van der Waals surface area contributed by atoms with Gasteiger partial charge in [0.2, 0.25) is 0 Å². The van der Waals surface area contributed by atoms with Crippen molar-refractivity contribution in [1.82, 2.24) is 15.1 Å². The van der Waals surface area contributed by atoms with Crippen LogP contribution < -0.4 is 5.73 Å². The van der Waals surface area contributed by atoms with Crippen molar-refractivity contribution in [1.29, 1.82) is 0 Å². The molecule has 1 saturated heterocycles. The summed E-state index contributed by atoms with van der Waals surface area (Å²) in [5, 5.41) is 6.91. The fraction of sp³-hybridized carbons (Fsp3) is 0.412. The van der Waals surface area contributed by atoms with Gasteiger partial charge in [-0.3, -0.25) is 14.8 Å². The maximum atomic E-state index is 13.1. The zero-order valence-electron chi connectivity index (χ0n) is 13.1. The molecule has 1 aromatic carbocycles. The van der Waals surface area contributed by atoms with Crippen LogP contribution >= 0.6 is 0 Å². The monoisotopic (exact) mass is 316 g/mol. The van der Waals surface area contributed by atoms with Crippen LogP contribution in [0.1, 0.15) is 53.5 Å². The largest absolute Gasteiger partial charge is 0.364 e. The van der Waals surface area contributed by atoms with Crippen molar-refractivity contribution in [2.75, 3.05) is 13.1 Å². The molecule has 2 unspecified atom stereocenters. The van der Waals surface area contributed by atoms with Gasteiger partial charge in [-0.05, 0) is 50.1 Å². The molecule has 122 valence electrons. The molecule has 1 fully saturated rings. The molecule has 2 heterocycles. The molecule has 1 amide bonds. The quantitative estimate of drug-likeness (QED) is 0.910. The predicted molar refractivity (Wildman–Crippen MR) is 85.5 cm³/mol. The normalized spacial score (nSPS) is 20.3. The highest BCUT2D eigenvalue weighted by Crippen LogP contribution is 2.31. The summed E-state index contributed by atoms with van der Waals surface area (Å²) in [6.07, 6.45) is 2.12. The number of hydrogen-bond donors (Lipinski definition) is 2. The van der Waals surface area contributed by atoms with Gasteiger partial charge in [0.1, 0.15) is 11.5 Å². The van der Waals surface area contributed by atoms with E-state index in [0.717, 1.165) is 37.2 Å². The molecular weight excluding hydrogens is 295 g/mol. The molecular formula is C17H21FN4O. The summed E-state index contributed by atoms with van der Waals surface area (Å²) >= 11 is 0. The average Bonchev–Trinajstić information content (AvgIpc) is 3.05. The first-order chi connectivity index (χ1) is 11.0. The molecule has 1 aliphatic rings. The Morgan fingerprint density at radius 1 is 1.43 bits per heavy atom. The minimum atomic E-state index is -0.514. The molecule has 0 bridgehead atoms. The van der Waals surface area contributed by atoms with Gasteiger partial charge in [-0.2, -0.15) is 5.10 Å². The summed E-state index contributed by atoms with van der Waals surface area (Å²) < 4.78 is 13.1. The van der Waals surface area contributed by atoms with E-state index < -0.39 is 5.91 Å². The zero-order chi connectivity index (χ0) is 16.4. The summed E-state index contributed by atoms with van der Waals surface area (Å²) in [5.74, 6) is -0.430. The van der Waals surface area contributed by atoms with Crippen LogP contribution in [0.5, 0.6) is 0 Å². The first-order valence-corrected chi connectivity index (χ1v) is 7.89. The third-order valence-electron chi connectivity index (χ3n) is 4.64. The molecule has 0 spiro atoms. The zero-order valence-corrected chi connectivity index (χ0v) is 13.1. The number of nitrogens with one attached hydrogen (secondary N) is 1. The number of hydrogen-bond acceptors (Lipinski definition) is 3. The molecule has 1 aliphatic heterocycles. The molecule has 5 nitrogen and oxygen atoms in total. The number of primary amides is 1. The lowest BCUT2D eigenvalue weighted by Crippen LogP contribution is -2.36. The first kappa shape index (κ1) is 15.7. The fourth-order valence-electron chi connectivity index (χ4n) is 3.24. The second kappa shape index (κ2) is 6.50. The van der Waals surface area contributed by atoms with Crippen molar-refractivity contribution >= 4 is 5.91 Å². The lowest BCUT2D eigenvalue weighted by Gasteiger charge is -2.36. The fourth-order valence-corrected chi connectivity index (χ4v) is 3.24. The maximum Gasteiger partial charge on any atom is 0.269 e. The van der Waals surface area contributed by atoms with Gasteiger partial charge in [-0.25, -0.2) is 4.39 Å². The van der Waals surface area contributed by atoms with E-state index in [-0.39, 0.29) is 17.6 Å². The first-order valence-electron chi connectivity index (χ1n) is 7.89. The van der Waals surface area contributed by atoms with Crippen LogP contribution in [0.2, 0.25) is 0 Å². The Hall–Kier alpha value is -2.21. The second-order valence-electron chi connectivity index (χ2n) is 6.13. The summed E-state index contributed by atoms with van der Waals surface area (Å²) in [7, 11) is 0. The van der Waals surface area contributed by atoms with E-state index in [1.54, 1.807) is 6.07 Å². The summed E-state index contributed by atoms with van der Waals surface area (Å²) in [5.41, 5.74) is 7.60. The number of benzene rings is 1. The maximum absolute atomic E-state index is 13.1. The van der Waals surface area contributed by atoms with Crippen molar-refractivity contribution < 1.29 is 9.18 Å². The predicted octanol–water partition coefficient (Wildman–Crippen LogP) is 2.59. The summed E-state index contributed by atoms with van der Waals surface area (Å²) in [6, 6.07) is 8.65. The van der Waals surface area contributed by atoms with E-state index in [1.165, 1.54) is 12.1 Å². The van der Waals surface area contributed by atoms with Crippen LogP contribution in [0.4, 0.5) is 4.39 Å². The lowest BCUT2D eigenvalue weighted by atomic mass is 9.92. The summed E-state index contributed by atoms with van der Waals surface area (Å²) in [6.45, 7) is 4.02. The van der Waals surface area contributed by atoms with Crippen LogP contribution in [0.25, 0.3) is 0 Å². The third-order valence-corrected chi connectivity index (χ3v) is 4.64. The van der Waals surface area contributed by atoms with Crippen LogP contribution in [-0.4, -0.2) is 34.1 Å². The number of aromatic amines is 1. The summed E-state index contributed by atoms with van der Waals surface area (Å²) in [4.78, 5) is 13.6. The lowest BCUT2D eigenvalue weighted by molar-refractivity contribution is 0.0995. The molecule has 1 aromatic heterocycles. The number of carbonyl (C=O) groups is 1. The van der Waals surface area contributed by atoms with E-state index >= 15 is 0 Å². The van der Waals surface area contributed by atoms with Crippen molar-refractivity contribution in [3.63, 3.8) is 0 Å². The Morgan fingerprint density at radius 3 is 2.83 bits per heavy atom. The van der Waals surface area contributed by atoms with Gasteiger partial charge in [0.15, 0.2) is 0 Å². The van der Waals surface area contributed by atoms with E-state index in [1.807, 2.05) is 12.1 Å². The molecule has 0 radical (unpaired) electrons. The highest BCUT2D eigenvalue weighted by Gasteiger charge is 2.26. The molecule has 2 atom stereocenters. The molecule has 0 saturated carbocycles. The van der Waals surface area contributed by atoms with E-state index in [9.17, 15) is 9.18 Å². The van der Waals surface area contributed by atoms with Gasteiger partial charge >= 0.3 is 0 Å². The van der Waals surface area contributed by atoms with Gasteiger partial charge in [0, 0.05) is 24.2 Å². The highest BCUT2D eigenvalue weighted by atomic mass is 19.1. The van der Waals surface area contributed by atoms with Gasteiger partial charge < -0.3 is 5.73 Å². The number of halogens is 1. The van der Waals surface area contributed by atoms with Gasteiger partial charge in [0.25, 0.3) is 5.91 Å². The number of rotatable bonds is 4. The Bertz CT molecular complexity index is 682. The van der Waals surface area contributed by atoms with Crippen LogP contribution in [0, 0.1) is 5.82 Å². The van der Waals surface area contributed by atoms with Crippen molar-refractivity contribution in [3.05, 3.63) is 53.1 Å². The smallest absolute Gasteiger partial charge is 0.269 e. The van der Waals surface area contributed by atoms with E-state index in [4.69, 9.17) is 5.73 Å². The minimum Gasteiger partial charge on any atom is -0.364 e. The molecule has 3 N–H and O–H groups in total. The number of amides is 1. The Kier molecular flexibility index (Phi) is 4.43. The number of H-pyrrole nitrogens is 1. The van der Waals surface area contributed by atoms with Gasteiger partial charge in [-0.1, -0.05) is 12.1 Å². The molecule has 3 rings (SSSR count). The van der Waals surface area contributed by atoms with Crippen LogP contribution in [0.3, 0.4) is 0 Å². The molecule has 0 aliphatic carbocycles. The average molecular weight is 316 g/mol. The Balaban J connectivity index is 1.72. The number of likely N-dealkylation sites (tertiary alicyclic amines) is 1. The number of piperidine rings is 1.